The van der Waals surface area contributed by atoms with Gasteiger partial charge in [0.25, 0.3) is 0 Å². The molecular formula is C20H27N5O8S. The van der Waals surface area contributed by atoms with Crippen LogP contribution in [0.15, 0.2) is 29.2 Å². The van der Waals surface area contributed by atoms with Gasteiger partial charge in [-0.3, -0.25) is 0 Å². The molecule has 14 heteroatoms. The number of carboxylic acid groups (broad SMARTS) is 4. The standard InChI is InChI=1S/C12H19N5S.2C4H4O4/c1-13-12-15-9-3-2-8-18-10(9)11(16-12)17-6-4-14-5-7-17;2*5-3(6)1-2-4(7)8/h14H,2-8H2,1H3,(H,13,15,16);2*1-2H,(H,5,6)(H,7,8)/b;2*2-1-. The van der Waals surface area contributed by atoms with Crippen molar-refractivity contribution in [3.05, 3.63) is 30.0 Å². The molecule has 0 amide bonds. The van der Waals surface area contributed by atoms with Crippen LogP contribution in [0.3, 0.4) is 0 Å². The first kappa shape index (κ1) is 28.4. The summed E-state index contributed by atoms with van der Waals surface area (Å²) in [6.07, 6.45) is 4.53. The second-order valence-corrected chi connectivity index (χ2v) is 7.71. The molecule has 6 N–H and O–H groups in total. The minimum absolute atomic E-state index is 0.558. The minimum atomic E-state index is -1.26. The van der Waals surface area contributed by atoms with E-state index in [1.807, 2.05) is 18.8 Å². The largest absolute Gasteiger partial charge is 0.478 e. The molecule has 1 aromatic rings. The first-order chi connectivity index (χ1) is 16.1. The molecule has 0 spiro atoms. The molecular weight excluding hydrogens is 470 g/mol. The fraction of sp³-hybridized carbons (Fsp3) is 0.400. The quantitative estimate of drug-likeness (QED) is 0.294. The lowest BCUT2D eigenvalue weighted by Crippen LogP contribution is -2.44. The molecule has 1 aromatic heterocycles. The molecule has 0 atom stereocenters. The number of carbonyl (C=O) groups is 4. The normalized spacial score (nSPS) is 14.8. The number of thioether (sulfide) groups is 1. The van der Waals surface area contributed by atoms with Crippen molar-refractivity contribution in [1.29, 1.82) is 0 Å². The monoisotopic (exact) mass is 497 g/mol. The molecule has 13 nitrogen and oxygen atoms in total. The van der Waals surface area contributed by atoms with Crippen LogP contribution in [0.5, 0.6) is 0 Å². The van der Waals surface area contributed by atoms with Crippen LogP contribution in [0.1, 0.15) is 12.1 Å². The smallest absolute Gasteiger partial charge is 0.328 e. The fourth-order valence-corrected chi connectivity index (χ4v) is 3.81. The zero-order chi connectivity index (χ0) is 25.5. The molecule has 3 heterocycles. The Hall–Kier alpha value is -3.65. The van der Waals surface area contributed by atoms with Crippen molar-refractivity contribution in [3.8, 4) is 0 Å². The van der Waals surface area contributed by atoms with Gasteiger partial charge in [-0.15, -0.1) is 11.8 Å². The van der Waals surface area contributed by atoms with E-state index in [4.69, 9.17) is 20.4 Å². The van der Waals surface area contributed by atoms with Gasteiger partial charge in [-0.25, -0.2) is 24.2 Å². The summed E-state index contributed by atoms with van der Waals surface area (Å²) < 4.78 is 0. The Morgan fingerprint density at radius 1 is 0.912 bits per heavy atom. The first-order valence-corrected chi connectivity index (χ1v) is 11.1. The third-order valence-corrected chi connectivity index (χ3v) is 5.30. The van der Waals surface area contributed by atoms with Crippen molar-refractivity contribution in [2.24, 2.45) is 0 Å². The zero-order valence-electron chi connectivity index (χ0n) is 18.4. The van der Waals surface area contributed by atoms with E-state index in [0.717, 1.165) is 44.4 Å². The molecule has 34 heavy (non-hydrogen) atoms. The SMILES string of the molecule is CNc1nc2c(c(N3CCNCC3)n1)SCCC2.O=C(O)/C=C\C(=O)O.O=C(O)/C=C\C(=O)O. The van der Waals surface area contributed by atoms with E-state index >= 15 is 0 Å². The van der Waals surface area contributed by atoms with Crippen molar-refractivity contribution in [2.75, 3.05) is 49.2 Å². The second kappa shape index (κ2) is 15.2. The third-order valence-electron chi connectivity index (χ3n) is 4.10. The van der Waals surface area contributed by atoms with E-state index in [1.54, 1.807) is 0 Å². The Balaban J connectivity index is 0.000000304. The average molecular weight is 498 g/mol. The maximum Gasteiger partial charge on any atom is 0.328 e. The summed E-state index contributed by atoms with van der Waals surface area (Å²) in [5.74, 6) is -1.95. The summed E-state index contributed by atoms with van der Waals surface area (Å²) in [6.45, 7) is 4.15. The number of hydrogen-bond donors (Lipinski definition) is 6. The molecule has 186 valence electrons. The summed E-state index contributed by atoms with van der Waals surface area (Å²) in [4.78, 5) is 51.2. The van der Waals surface area contributed by atoms with Gasteiger partial charge < -0.3 is 36.0 Å². The Morgan fingerprint density at radius 2 is 1.41 bits per heavy atom. The lowest BCUT2D eigenvalue weighted by molar-refractivity contribution is -0.134. The van der Waals surface area contributed by atoms with E-state index < -0.39 is 23.9 Å². The highest BCUT2D eigenvalue weighted by atomic mass is 32.2. The Labute approximate surface area is 199 Å². The Kier molecular flexibility index (Phi) is 12.7. The minimum Gasteiger partial charge on any atom is -0.478 e. The molecule has 1 fully saturated rings. The van der Waals surface area contributed by atoms with Crippen LogP contribution < -0.4 is 15.5 Å². The maximum absolute atomic E-state index is 9.55. The molecule has 0 radical (unpaired) electrons. The predicted octanol–water partition coefficient (Wildman–Crippen LogP) is 0.390. The van der Waals surface area contributed by atoms with E-state index in [-0.39, 0.29) is 0 Å². The number of piperazine rings is 1. The number of anilines is 2. The van der Waals surface area contributed by atoms with Crippen molar-refractivity contribution in [2.45, 2.75) is 17.7 Å². The highest BCUT2D eigenvalue weighted by Gasteiger charge is 2.23. The topological polar surface area (TPSA) is 202 Å². The van der Waals surface area contributed by atoms with Crippen LogP contribution >= 0.6 is 11.8 Å². The van der Waals surface area contributed by atoms with Gasteiger partial charge in [0.05, 0.1) is 10.6 Å². The highest BCUT2D eigenvalue weighted by Crippen LogP contribution is 2.36. The zero-order valence-corrected chi connectivity index (χ0v) is 19.2. The average Bonchev–Trinajstić information content (AvgIpc) is 2.82. The number of nitrogens with one attached hydrogen (secondary N) is 2. The second-order valence-electron chi connectivity index (χ2n) is 6.61. The van der Waals surface area contributed by atoms with E-state index in [9.17, 15) is 19.2 Å². The van der Waals surface area contributed by atoms with Crippen molar-refractivity contribution < 1.29 is 39.6 Å². The fourth-order valence-electron chi connectivity index (χ4n) is 2.70. The van der Waals surface area contributed by atoms with Gasteiger partial charge >= 0.3 is 23.9 Å². The van der Waals surface area contributed by atoms with Crippen LogP contribution in [-0.4, -0.2) is 93.3 Å². The van der Waals surface area contributed by atoms with Gasteiger partial charge in [-0.2, -0.15) is 4.98 Å². The molecule has 0 bridgehead atoms. The van der Waals surface area contributed by atoms with Gasteiger partial charge in [-0.1, -0.05) is 0 Å². The summed E-state index contributed by atoms with van der Waals surface area (Å²) in [5.41, 5.74) is 1.22. The van der Waals surface area contributed by atoms with Gasteiger partial charge in [0, 0.05) is 57.5 Å². The van der Waals surface area contributed by atoms with E-state index in [1.165, 1.54) is 22.8 Å². The number of aryl methyl sites for hydroxylation is 1. The predicted molar refractivity (Wildman–Crippen MR) is 125 cm³/mol. The summed E-state index contributed by atoms with van der Waals surface area (Å²) >= 11 is 1.91. The molecule has 2 aliphatic rings. The number of aromatic nitrogens is 2. The molecule has 0 aromatic carbocycles. The maximum atomic E-state index is 9.55. The molecule has 1 saturated heterocycles. The lowest BCUT2D eigenvalue weighted by atomic mass is 10.2. The number of hydrogen-bond acceptors (Lipinski definition) is 10. The summed E-state index contributed by atoms with van der Waals surface area (Å²) in [7, 11) is 1.89. The number of carboxylic acids is 4. The Bertz CT molecular complexity index is 866. The van der Waals surface area contributed by atoms with Crippen LogP contribution in [0.2, 0.25) is 0 Å². The number of nitrogens with zero attached hydrogens (tertiary/aromatic N) is 3. The van der Waals surface area contributed by atoms with Crippen LogP contribution in [0.25, 0.3) is 0 Å². The van der Waals surface area contributed by atoms with Crippen molar-refractivity contribution in [3.63, 3.8) is 0 Å². The van der Waals surface area contributed by atoms with Crippen LogP contribution in [0.4, 0.5) is 11.8 Å². The number of rotatable bonds is 6. The molecule has 2 aliphatic heterocycles. The van der Waals surface area contributed by atoms with Crippen molar-refractivity contribution in [1.82, 2.24) is 15.3 Å². The molecule has 0 unspecified atom stereocenters. The summed E-state index contributed by atoms with van der Waals surface area (Å²) in [6, 6.07) is 0. The number of fused-ring (bicyclic) bond motifs is 1. The van der Waals surface area contributed by atoms with Gasteiger partial charge in [-0.05, 0) is 18.6 Å². The highest BCUT2D eigenvalue weighted by molar-refractivity contribution is 7.99. The first-order valence-electron chi connectivity index (χ1n) is 10.1. The van der Waals surface area contributed by atoms with Crippen molar-refractivity contribution >= 4 is 47.4 Å². The number of aliphatic carboxylic acids is 4. The molecule has 3 rings (SSSR count). The third kappa shape index (κ3) is 11.3. The van der Waals surface area contributed by atoms with E-state index in [0.29, 0.717) is 24.3 Å². The van der Waals surface area contributed by atoms with Crippen LogP contribution in [-0.2, 0) is 25.6 Å². The molecule has 0 aliphatic carbocycles. The molecule has 0 saturated carbocycles. The van der Waals surface area contributed by atoms with E-state index in [2.05, 4.69) is 25.5 Å². The summed E-state index contributed by atoms with van der Waals surface area (Å²) in [5, 5.41) is 37.7. The lowest BCUT2D eigenvalue weighted by Gasteiger charge is -2.31. The van der Waals surface area contributed by atoms with Gasteiger partial charge in [0.2, 0.25) is 5.95 Å². The Morgan fingerprint density at radius 3 is 1.85 bits per heavy atom. The van der Waals surface area contributed by atoms with Crippen LogP contribution in [0, 0.1) is 0 Å². The van der Waals surface area contributed by atoms with Gasteiger partial charge in [0.15, 0.2) is 0 Å². The van der Waals surface area contributed by atoms with Gasteiger partial charge in [0.1, 0.15) is 5.82 Å².